The molecular weight excluding hydrogens is 246 g/mol. The summed E-state index contributed by atoms with van der Waals surface area (Å²) in [5.74, 6) is 1.04. The van der Waals surface area contributed by atoms with Crippen LogP contribution in [0.4, 0.5) is 0 Å². The number of hydrogen-bond donors (Lipinski definition) is 0. The molecule has 0 aliphatic rings. The number of rotatable bonds is 6. The zero-order chi connectivity index (χ0) is 12.8. The molecule has 2 rings (SSSR count). The van der Waals surface area contributed by atoms with Crippen molar-refractivity contribution in [1.29, 1.82) is 0 Å². The van der Waals surface area contributed by atoms with Gasteiger partial charge in [-0.15, -0.1) is 0 Å². The van der Waals surface area contributed by atoms with E-state index in [2.05, 4.69) is 4.98 Å². The molecule has 0 N–H and O–H groups in total. The molecule has 1 aromatic heterocycles. The molecule has 0 atom stereocenters. The molecule has 0 amide bonds. The molecule has 94 valence electrons. The third kappa shape index (κ3) is 3.74. The quantitative estimate of drug-likeness (QED) is 0.451. The van der Waals surface area contributed by atoms with E-state index in [1.807, 2.05) is 37.3 Å². The zero-order valence-electron chi connectivity index (χ0n) is 10.3. The van der Waals surface area contributed by atoms with E-state index < -0.39 is 0 Å². The molecule has 4 heteroatoms. The largest absolute Gasteiger partial charge is 0.440 e. The topological polar surface area (TPSA) is 43.1 Å². The Morgan fingerprint density at radius 1 is 1.33 bits per heavy atom. The van der Waals surface area contributed by atoms with Gasteiger partial charge in [-0.05, 0) is 13.3 Å². The van der Waals surface area contributed by atoms with Crippen LogP contribution in [0.1, 0.15) is 28.9 Å². The minimum atomic E-state index is 0.194. The smallest absolute Gasteiger partial charge is 0.255 e. The van der Waals surface area contributed by atoms with Crippen molar-refractivity contribution in [3.8, 4) is 0 Å². The van der Waals surface area contributed by atoms with Crippen molar-refractivity contribution in [2.24, 2.45) is 0 Å². The number of carbonyl (C=O) groups excluding carboxylic acids is 1. The molecule has 0 unspecified atom stereocenters. The van der Waals surface area contributed by atoms with E-state index >= 15 is 0 Å². The lowest BCUT2D eigenvalue weighted by atomic mass is 10.1. The van der Waals surface area contributed by atoms with Crippen molar-refractivity contribution in [2.45, 2.75) is 25.0 Å². The number of Topliss-reactive ketones (excluding diaryl/α,β-unsaturated/α-hetero) is 1. The van der Waals surface area contributed by atoms with Crippen LogP contribution in [0.2, 0.25) is 0 Å². The molecule has 0 saturated heterocycles. The van der Waals surface area contributed by atoms with E-state index in [0.29, 0.717) is 11.6 Å². The Balaban J connectivity index is 1.71. The average molecular weight is 261 g/mol. The number of benzene rings is 1. The van der Waals surface area contributed by atoms with Crippen LogP contribution in [0, 0.1) is 6.92 Å². The van der Waals surface area contributed by atoms with Gasteiger partial charge in [0.2, 0.25) is 0 Å². The predicted molar refractivity (Wildman–Crippen MR) is 72.0 cm³/mol. The van der Waals surface area contributed by atoms with Crippen LogP contribution in [0.15, 0.2) is 46.2 Å². The van der Waals surface area contributed by atoms with E-state index in [1.54, 1.807) is 18.0 Å². The summed E-state index contributed by atoms with van der Waals surface area (Å²) in [4.78, 5) is 16.0. The van der Waals surface area contributed by atoms with E-state index in [0.717, 1.165) is 23.4 Å². The first-order chi connectivity index (χ1) is 8.75. The normalized spacial score (nSPS) is 10.5. The van der Waals surface area contributed by atoms with Gasteiger partial charge >= 0.3 is 0 Å². The third-order valence-corrected chi connectivity index (χ3v) is 3.39. The number of hydrogen-bond acceptors (Lipinski definition) is 4. The molecule has 0 fully saturated rings. The monoisotopic (exact) mass is 261 g/mol. The summed E-state index contributed by atoms with van der Waals surface area (Å²) in [7, 11) is 0. The van der Waals surface area contributed by atoms with E-state index in [4.69, 9.17) is 4.42 Å². The fourth-order valence-electron chi connectivity index (χ4n) is 1.56. The molecule has 18 heavy (non-hydrogen) atoms. The highest BCUT2D eigenvalue weighted by Gasteiger charge is 2.06. The maximum absolute atomic E-state index is 11.8. The number of ketones is 1. The third-order valence-electron chi connectivity index (χ3n) is 2.47. The summed E-state index contributed by atoms with van der Waals surface area (Å²) in [6.07, 6.45) is 3.04. The lowest BCUT2D eigenvalue weighted by Crippen LogP contribution is -1.99. The van der Waals surface area contributed by atoms with Gasteiger partial charge in [-0.3, -0.25) is 4.79 Å². The zero-order valence-corrected chi connectivity index (χ0v) is 11.1. The van der Waals surface area contributed by atoms with Crippen molar-refractivity contribution in [2.75, 3.05) is 5.75 Å². The predicted octanol–water partition coefficient (Wildman–Crippen LogP) is 3.74. The summed E-state index contributed by atoms with van der Waals surface area (Å²) in [5, 5.41) is 0.680. The Morgan fingerprint density at radius 2 is 2.11 bits per heavy atom. The summed E-state index contributed by atoms with van der Waals surface area (Å²) in [6, 6.07) is 9.40. The molecular formula is C14H15NO2S. The Bertz CT molecular complexity index is 508. The Hall–Kier alpha value is -1.55. The van der Waals surface area contributed by atoms with Crippen LogP contribution in [0.25, 0.3) is 0 Å². The second-order valence-corrected chi connectivity index (χ2v) is 5.04. The summed E-state index contributed by atoms with van der Waals surface area (Å²) < 4.78 is 5.22. The highest BCUT2D eigenvalue weighted by Crippen LogP contribution is 2.18. The van der Waals surface area contributed by atoms with Gasteiger partial charge in [0.15, 0.2) is 5.78 Å². The molecule has 0 saturated carbocycles. The van der Waals surface area contributed by atoms with E-state index in [9.17, 15) is 4.79 Å². The Kier molecular flexibility index (Phi) is 4.59. The highest BCUT2D eigenvalue weighted by molar-refractivity contribution is 7.99. The minimum Gasteiger partial charge on any atom is -0.440 e. The lowest BCUT2D eigenvalue weighted by molar-refractivity contribution is 0.0982. The van der Waals surface area contributed by atoms with Gasteiger partial charge in [0.05, 0.1) is 5.69 Å². The Morgan fingerprint density at radius 3 is 2.78 bits per heavy atom. The van der Waals surface area contributed by atoms with Gasteiger partial charge < -0.3 is 4.42 Å². The summed E-state index contributed by atoms with van der Waals surface area (Å²) in [6.45, 7) is 1.90. The fourth-order valence-corrected chi connectivity index (χ4v) is 2.35. The second-order valence-electron chi connectivity index (χ2n) is 4.00. The molecule has 0 spiro atoms. The SMILES string of the molecule is Cc1coc(SCCCC(=O)c2ccccc2)n1. The maximum atomic E-state index is 11.8. The van der Waals surface area contributed by atoms with Gasteiger partial charge in [-0.25, -0.2) is 4.98 Å². The van der Waals surface area contributed by atoms with E-state index in [-0.39, 0.29) is 5.78 Å². The van der Waals surface area contributed by atoms with Crippen LogP contribution < -0.4 is 0 Å². The Labute approximate surface area is 111 Å². The molecule has 0 radical (unpaired) electrons. The summed E-state index contributed by atoms with van der Waals surface area (Å²) >= 11 is 1.55. The number of thioether (sulfide) groups is 1. The molecule has 1 heterocycles. The standard InChI is InChI=1S/C14H15NO2S/c1-11-10-17-14(15-11)18-9-5-8-13(16)12-6-3-2-4-7-12/h2-4,6-7,10H,5,8-9H2,1H3. The molecule has 3 nitrogen and oxygen atoms in total. The van der Waals surface area contributed by atoms with Crippen molar-refractivity contribution >= 4 is 17.5 Å². The van der Waals surface area contributed by atoms with Crippen LogP contribution in [0.3, 0.4) is 0 Å². The lowest BCUT2D eigenvalue weighted by Gasteiger charge is -1.99. The van der Waals surface area contributed by atoms with Gasteiger partial charge in [0.1, 0.15) is 6.26 Å². The number of aromatic nitrogens is 1. The molecule has 0 aliphatic carbocycles. The first-order valence-corrected chi connectivity index (χ1v) is 6.87. The van der Waals surface area contributed by atoms with Gasteiger partial charge in [0, 0.05) is 17.7 Å². The average Bonchev–Trinajstić information content (AvgIpc) is 2.81. The van der Waals surface area contributed by atoms with Gasteiger partial charge in [-0.2, -0.15) is 0 Å². The van der Waals surface area contributed by atoms with Gasteiger partial charge in [-0.1, -0.05) is 42.1 Å². The maximum Gasteiger partial charge on any atom is 0.255 e. The molecule has 0 bridgehead atoms. The summed E-state index contributed by atoms with van der Waals surface area (Å²) in [5.41, 5.74) is 1.67. The minimum absolute atomic E-state index is 0.194. The molecule has 2 aromatic rings. The van der Waals surface area contributed by atoms with Crippen LogP contribution >= 0.6 is 11.8 Å². The van der Waals surface area contributed by atoms with Crippen molar-refractivity contribution < 1.29 is 9.21 Å². The molecule has 1 aromatic carbocycles. The number of aryl methyl sites for hydroxylation is 1. The van der Waals surface area contributed by atoms with Gasteiger partial charge in [0.25, 0.3) is 5.22 Å². The van der Waals surface area contributed by atoms with Crippen LogP contribution in [-0.2, 0) is 0 Å². The number of oxazole rings is 1. The van der Waals surface area contributed by atoms with Crippen molar-refractivity contribution in [3.63, 3.8) is 0 Å². The highest BCUT2D eigenvalue weighted by atomic mass is 32.2. The van der Waals surface area contributed by atoms with Crippen molar-refractivity contribution in [1.82, 2.24) is 4.98 Å². The number of carbonyl (C=O) groups is 1. The second kappa shape index (κ2) is 6.40. The van der Waals surface area contributed by atoms with Crippen LogP contribution in [-0.4, -0.2) is 16.5 Å². The van der Waals surface area contributed by atoms with Crippen molar-refractivity contribution in [3.05, 3.63) is 47.9 Å². The number of nitrogens with zero attached hydrogens (tertiary/aromatic N) is 1. The molecule has 0 aliphatic heterocycles. The fraction of sp³-hybridized carbons (Fsp3) is 0.286. The first kappa shape index (κ1) is 12.9. The first-order valence-electron chi connectivity index (χ1n) is 5.89. The van der Waals surface area contributed by atoms with Crippen LogP contribution in [0.5, 0.6) is 0 Å². The van der Waals surface area contributed by atoms with E-state index in [1.165, 1.54) is 0 Å².